The minimum absolute atomic E-state index is 0.0314. The Balaban J connectivity index is 1.72. The molecule has 0 saturated carbocycles. The maximum Gasteiger partial charge on any atom is 0.264 e. The highest BCUT2D eigenvalue weighted by Crippen LogP contribution is 2.31. The molecule has 10 heteroatoms. The largest absolute Gasteiger partial charge is 0.471 e. The van der Waals surface area contributed by atoms with E-state index in [1.807, 2.05) is 36.9 Å². The summed E-state index contributed by atoms with van der Waals surface area (Å²) in [5.41, 5.74) is 3.76. The SMILES string of the molecule is Cc1cccc(C)c1-c1cc2nc(n1)NS(=O)(=O)c1cccc(c1)C(=O)N1CCNC[C@H](O2)[C@H]1CC(C)C. The fourth-order valence-electron chi connectivity index (χ4n) is 5.25. The van der Waals surface area contributed by atoms with Gasteiger partial charge in [0.15, 0.2) is 0 Å². The van der Waals surface area contributed by atoms with Gasteiger partial charge in [-0.1, -0.05) is 38.1 Å². The molecule has 1 saturated heterocycles. The molecule has 2 aromatic carbocycles. The van der Waals surface area contributed by atoms with Crippen molar-refractivity contribution >= 4 is 21.9 Å². The van der Waals surface area contributed by atoms with Crippen LogP contribution in [0.2, 0.25) is 0 Å². The van der Waals surface area contributed by atoms with Crippen LogP contribution in [0.4, 0.5) is 5.95 Å². The number of amides is 1. The van der Waals surface area contributed by atoms with Gasteiger partial charge in [0.05, 0.1) is 16.6 Å². The van der Waals surface area contributed by atoms with Gasteiger partial charge in [0.25, 0.3) is 15.9 Å². The van der Waals surface area contributed by atoms with Crippen LogP contribution >= 0.6 is 0 Å². The molecule has 0 unspecified atom stereocenters. The molecule has 0 aliphatic carbocycles. The lowest BCUT2D eigenvalue weighted by atomic mass is 9.96. The van der Waals surface area contributed by atoms with E-state index in [1.54, 1.807) is 18.2 Å². The van der Waals surface area contributed by atoms with Crippen molar-refractivity contribution in [1.29, 1.82) is 0 Å². The number of aromatic nitrogens is 2. The number of sulfonamides is 1. The molecule has 0 spiro atoms. The third kappa shape index (κ3) is 5.23. The van der Waals surface area contributed by atoms with Crippen molar-refractivity contribution in [3.05, 3.63) is 65.2 Å². The summed E-state index contributed by atoms with van der Waals surface area (Å²) in [6.07, 6.45) is 0.314. The number of anilines is 1. The van der Waals surface area contributed by atoms with Gasteiger partial charge in [-0.05, 0) is 55.5 Å². The minimum Gasteiger partial charge on any atom is -0.471 e. The van der Waals surface area contributed by atoms with E-state index in [0.29, 0.717) is 36.8 Å². The Kier molecular flexibility index (Phi) is 7.11. The summed E-state index contributed by atoms with van der Waals surface area (Å²) < 4.78 is 35.8. The van der Waals surface area contributed by atoms with Crippen LogP contribution in [0.15, 0.2) is 53.4 Å². The molecule has 2 aliphatic heterocycles. The van der Waals surface area contributed by atoms with Gasteiger partial charge in [-0.3, -0.25) is 4.79 Å². The number of hydrogen-bond acceptors (Lipinski definition) is 7. The van der Waals surface area contributed by atoms with Crippen molar-refractivity contribution in [2.45, 2.75) is 51.2 Å². The molecule has 3 aromatic rings. The van der Waals surface area contributed by atoms with E-state index in [0.717, 1.165) is 23.1 Å². The number of benzene rings is 2. The lowest BCUT2D eigenvalue weighted by Crippen LogP contribution is -2.50. The number of hydrogen-bond donors (Lipinski definition) is 2. The molecule has 3 heterocycles. The number of nitrogens with one attached hydrogen (secondary N) is 2. The summed E-state index contributed by atoms with van der Waals surface area (Å²) >= 11 is 0. The number of ether oxygens (including phenoxy) is 1. The van der Waals surface area contributed by atoms with Crippen LogP contribution in [0.1, 0.15) is 41.8 Å². The van der Waals surface area contributed by atoms with Crippen LogP contribution in [-0.2, 0) is 10.0 Å². The zero-order chi connectivity index (χ0) is 27.0. The molecular weight excluding hydrogens is 502 g/mol. The molecule has 2 atom stereocenters. The van der Waals surface area contributed by atoms with E-state index < -0.39 is 16.1 Å². The van der Waals surface area contributed by atoms with Crippen LogP contribution in [0.25, 0.3) is 11.3 Å². The topological polar surface area (TPSA) is 114 Å². The number of carbonyl (C=O) groups excluding carboxylic acids is 1. The Labute approximate surface area is 223 Å². The highest BCUT2D eigenvalue weighted by atomic mass is 32.2. The summed E-state index contributed by atoms with van der Waals surface area (Å²) in [7, 11) is -4.08. The minimum atomic E-state index is -4.08. The lowest BCUT2D eigenvalue weighted by molar-refractivity contribution is 0.0446. The second kappa shape index (κ2) is 10.3. The van der Waals surface area contributed by atoms with Crippen LogP contribution in [0.3, 0.4) is 0 Å². The molecule has 1 aromatic heterocycles. The maximum atomic E-state index is 13.8. The van der Waals surface area contributed by atoms with Crippen molar-refractivity contribution in [2.75, 3.05) is 24.4 Å². The quantitative estimate of drug-likeness (QED) is 0.525. The number of aryl methyl sites for hydroxylation is 2. The summed E-state index contributed by atoms with van der Waals surface area (Å²) in [4.78, 5) is 24.6. The van der Waals surface area contributed by atoms with Crippen LogP contribution < -0.4 is 14.8 Å². The first kappa shape index (κ1) is 26.1. The van der Waals surface area contributed by atoms with Crippen LogP contribution in [-0.4, -0.2) is 61.0 Å². The van der Waals surface area contributed by atoms with Crippen LogP contribution in [0, 0.1) is 19.8 Å². The van der Waals surface area contributed by atoms with E-state index in [-0.39, 0.29) is 28.7 Å². The molecule has 1 fully saturated rings. The second-order valence-electron chi connectivity index (χ2n) is 10.4. The molecule has 0 radical (unpaired) electrons. The Morgan fingerprint density at radius 3 is 2.55 bits per heavy atom. The normalized spacial score (nSPS) is 20.9. The zero-order valence-corrected chi connectivity index (χ0v) is 22.9. The first-order chi connectivity index (χ1) is 18.1. The Morgan fingerprint density at radius 1 is 1.08 bits per heavy atom. The smallest absolute Gasteiger partial charge is 0.264 e. The number of rotatable bonds is 3. The molecule has 1 amide bonds. The van der Waals surface area contributed by atoms with E-state index in [1.165, 1.54) is 12.1 Å². The van der Waals surface area contributed by atoms with E-state index in [2.05, 4.69) is 33.9 Å². The van der Waals surface area contributed by atoms with Gasteiger partial charge in [0.2, 0.25) is 11.8 Å². The standard InChI is InChI=1S/C28H33N5O4S/c1-17(2)13-23-24-16-29-11-12-33(23)27(34)20-9-6-10-21(14-20)38(35,36)32-28-30-22(15-25(31-28)37-24)26-18(3)7-5-8-19(26)4/h5-10,14-15,17,23-24,29H,11-13,16H2,1-4H3,(H,30,31,32)/t23-,24+/m1/s1. The second-order valence-corrected chi connectivity index (χ2v) is 12.1. The van der Waals surface area contributed by atoms with Gasteiger partial charge >= 0.3 is 0 Å². The monoisotopic (exact) mass is 535 g/mol. The molecule has 2 aliphatic rings. The number of nitrogens with zero attached hydrogens (tertiary/aromatic N) is 3. The zero-order valence-electron chi connectivity index (χ0n) is 22.1. The van der Waals surface area contributed by atoms with Gasteiger partial charge in [-0.15, -0.1) is 0 Å². The molecule has 200 valence electrons. The Hall–Kier alpha value is -3.50. The summed E-state index contributed by atoms with van der Waals surface area (Å²) in [5.74, 6) is 0.235. The predicted octanol–water partition coefficient (Wildman–Crippen LogP) is 3.78. The predicted molar refractivity (Wildman–Crippen MR) is 146 cm³/mol. The average Bonchev–Trinajstić information content (AvgIpc) is 3.04. The van der Waals surface area contributed by atoms with Crippen molar-refractivity contribution in [3.63, 3.8) is 0 Å². The highest BCUT2D eigenvalue weighted by Gasteiger charge is 2.36. The van der Waals surface area contributed by atoms with Gasteiger partial charge in [-0.25, -0.2) is 18.1 Å². The maximum absolute atomic E-state index is 13.8. The molecule has 6 bridgehead atoms. The third-order valence-corrected chi connectivity index (χ3v) is 8.33. The number of carbonyl (C=O) groups is 1. The van der Waals surface area contributed by atoms with E-state index in [9.17, 15) is 13.2 Å². The van der Waals surface area contributed by atoms with E-state index >= 15 is 0 Å². The Morgan fingerprint density at radius 2 is 1.82 bits per heavy atom. The first-order valence-electron chi connectivity index (χ1n) is 12.9. The summed E-state index contributed by atoms with van der Waals surface area (Å²) in [5, 5.41) is 3.40. The molecule has 5 rings (SSSR count). The van der Waals surface area contributed by atoms with Crippen molar-refractivity contribution < 1.29 is 17.9 Å². The van der Waals surface area contributed by atoms with E-state index in [4.69, 9.17) is 4.74 Å². The summed E-state index contributed by atoms with van der Waals surface area (Å²) in [6, 6.07) is 13.6. The summed E-state index contributed by atoms with van der Waals surface area (Å²) in [6.45, 7) is 9.80. The van der Waals surface area contributed by atoms with Gasteiger partial charge in [0, 0.05) is 36.8 Å². The lowest BCUT2D eigenvalue weighted by Gasteiger charge is -2.35. The highest BCUT2D eigenvalue weighted by molar-refractivity contribution is 7.92. The fraction of sp³-hybridized carbons (Fsp3) is 0.393. The first-order valence-corrected chi connectivity index (χ1v) is 14.4. The number of fused-ring (bicyclic) bond motifs is 6. The van der Waals surface area contributed by atoms with Crippen molar-refractivity contribution in [3.8, 4) is 17.1 Å². The molecular formula is C28H33N5O4S. The fourth-order valence-corrected chi connectivity index (χ4v) is 6.24. The molecule has 2 N–H and O–H groups in total. The molecule has 38 heavy (non-hydrogen) atoms. The molecule has 9 nitrogen and oxygen atoms in total. The average molecular weight is 536 g/mol. The van der Waals surface area contributed by atoms with Crippen LogP contribution in [0.5, 0.6) is 5.88 Å². The van der Waals surface area contributed by atoms with Crippen molar-refractivity contribution in [2.24, 2.45) is 5.92 Å². The van der Waals surface area contributed by atoms with Gasteiger partial charge in [0.1, 0.15) is 6.10 Å². The Bertz CT molecular complexity index is 1450. The third-order valence-electron chi connectivity index (χ3n) is 7.01. The van der Waals surface area contributed by atoms with Crippen molar-refractivity contribution in [1.82, 2.24) is 20.2 Å². The van der Waals surface area contributed by atoms with Gasteiger partial charge < -0.3 is 15.0 Å². The van der Waals surface area contributed by atoms with Gasteiger partial charge in [-0.2, -0.15) is 4.98 Å².